The zero-order valence-corrected chi connectivity index (χ0v) is 4.07. The van der Waals surface area contributed by atoms with Crippen LogP contribution in [-0.2, 0) is 4.79 Å². The van der Waals surface area contributed by atoms with Crippen molar-refractivity contribution >= 4 is 12.9 Å². The Kier molecular flexibility index (Phi) is 99.3. The lowest BCUT2D eigenvalue weighted by atomic mass is 11.4. The van der Waals surface area contributed by atoms with Gasteiger partial charge in [0.2, 0.25) is 0 Å². The molecule has 0 aliphatic heterocycles. The fraction of sp³-hybridized carbons (Fsp3) is 0. The first kappa shape index (κ1) is 16.1. The van der Waals surface area contributed by atoms with Crippen molar-refractivity contribution < 1.29 is 19.8 Å². The van der Waals surface area contributed by atoms with Crippen molar-refractivity contribution in [2.45, 2.75) is 0 Å². The van der Waals surface area contributed by atoms with E-state index >= 15 is 0 Å². The lowest BCUT2D eigenvalue weighted by Gasteiger charge is -1.60. The minimum atomic E-state index is -1.83. The van der Waals surface area contributed by atoms with Crippen LogP contribution in [0.15, 0.2) is 0 Å². The highest BCUT2D eigenvalue weighted by molar-refractivity contribution is 5.53. The van der Waals surface area contributed by atoms with Gasteiger partial charge in [-0.3, -0.25) is 0 Å². The van der Waals surface area contributed by atoms with E-state index in [-0.39, 0.29) is 0 Å². The third-order valence-electron chi connectivity index (χ3n) is 0. The Morgan fingerprint density at radius 1 is 1.25 bits per heavy atom. The van der Waals surface area contributed by atoms with Crippen molar-refractivity contribution in [3.8, 4) is 12.8 Å². The van der Waals surface area contributed by atoms with Gasteiger partial charge in [0.05, 0.1) is 0 Å². The molecule has 0 aromatic rings. The van der Waals surface area contributed by atoms with Crippen molar-refractivity contribution in [1.29, 1.82) is 0 Å². The predicted octanol–water partition coefficient (Wildman–Crippen LogP) is 0.287. The highest BCUT2D eigenvalue weighted by atomic mass is 16.6. The van der Waals surface area contributed by atoms with Crippen LogP contribution in [0.4, 0.5) is 4.79 Å². The minimum Gasteiger partial charge on any atom is -0.450 e. The Labute approximate surface area is 46.8 Å². The summed E-state index contributed by atoms with van der Waals surface area (Å²) >= 11 is 0. The smallest absolute Gasteiger partial charge is 0.450 e. The summed E-state index contributed by atoms with van der Waals surface area (Å²) in [5.41, 5.74) is 0. The average Bonchev–Trinajstić information content (AvgIpc) is 1.75. The Balaban J connectivity index is -0.0000000542. The Morgan fingerprint density at radius 3 is 1.25 bits per heavy atom. The van der Waals surface area contributed by atoms with E-state index in [1.54, 1.807) is 0 Å². The highest BCUT2D eigenvalue weighted by Gasteiger charge is 1.70. The van der Waals surface area contributed by atoms with Crippen molar-refractivity contribution in [3.05, 3.63) is 0 Å². The number of rotatable bonds is 0. The Hall–Kier alpha value is -1.50. The number of hydrogen-bond donors (Lipinski definition) is 2. The van der Waals surface area contributed by atoms with Crippen LogP contribution in [0, 0.1) is 12.8 Å². The first-order valence-electron chi connectivity index (χ1n) is 1.27. The van der Waals surface area contributed by atoms with Crippen LogP contribution in [0.5, 0.6) is 0 Å². The maximum Gasteiger partial charge on any atom is 0.503 e. The third kappa shape index (κ3) is 24.5. The molecule has 0 spiro atoms. The molecule has 0 saturated carbocycles. The summed E-state index contributed by atoms with van der Waals surface area (Å²) < 4.78 is 0. The van der Waals surface area contributed by atoms with Gasteiger partial charge < -0.3 is 15.0 Å². The normalized spacial score (nSPS) is 3.75. The van der Waals surface area contributed by atoms with E-state index in [2.05, 4.69) is 12.8 Å². The molecule has 8 heavy (non-hydrogen) atoms. The van der Waals surface area contributed by atoms with E-state index in [9.17, 15) is 0 Å². The van der Waals surface area contributed by atoms with Crippen LogP contribution in [-0.4, -0.2) is 23.2 Å². The topological polar surface area (TPSA) is 74.6 Å². The molecule has 0 aromatic carbocycles. The van der Waals surface area contributed by atoms with Crippen molar-refractivity contribution in [2.24, 2.45) is 0 Å². The maximum absolute atomic E-state index is 8.56. The number of carbonyl (C=O) groups is 2. The summed E-state index contributed by atoms with van der Waals surface area (Å²) in [5, 5.41) is 13.9. The summed E-state index contributed by atoms with van der Waals surface area (Å²) in [5.74, 6) is 0. The fourth-order valence-electron chi connectivity index (χ4n) is 0. The standard InChI is InChI=1S/C2H2.CH2O3.CH2O/c1-2;2-1(3)4;1-2/h1-2H;(H2,2,3,4);1H2. The number of carbonyl (C=O) groups excluding carboxylic acids is 1. The molecule has 0 fully saturated rings. The maximum atomic E-state index is 8.56. The minimum absolute atomic E-state index is 1.83. The molecule has 0 unspecified atom stereocenters. The predicted molar refractivity (Wildman–Crippen MR) is 27.7 cm³/mol. The first-order chi connectivity index (χ1) is 3.73. The summed E-state index contributed by atoms with van der Waals surface area (Å²) in [6.45, 7) is 2.00. The SMILES string of the molecule is C#C.C=O.O=C(O)O. The molecule has 0 aliphatic rings. The Bertz CT molecular complexity index is 61.7. The van der Waals surface area contributed by atoms with Crippen LogP contribution in [0.3, 0.4) is 0 Å². The quantitative estimate of drug-likeness (QED) is 0.448. The molecule has 0 bridgehead atoms. The molecular formula is C4H6O4. The molecule has 4 nitrogen and oxygen atoms in total. The molecule has 0 aromatic heterocycles. The van der Waals surface area contributed by atoms with Crippen molar-refractivity contribution in [2.75, 3.05) is 0 Å². The van der Waals surface area contributed by atoms with Crippen LogP contribution < -0.4 is 0 Å². The lowest BCUT2D eigenvalue weighted by Crippen LogP contribution is -1.81. The fourth-order valence-corrected chi connectivity index (χ4v) is 0. The molecule has 2 N–H and O–H groups in total. The van der Waals surface area contributed by atoms with Gasteiger partial charge in [0.25, 0.3) is 0 Å². The molecule has 4 heteroatoms. The molecule has 0 radical (unpaired) electrons. The number of hydrogen-bond acceptors (Lipinski definition) is 2. The van der Waals surface area contributed by atoms with Gasteiger partial charge in [-0.2, -0.15) is 0 Å². The van der Waals surface area contributed by atoms with Gasteiger partial charge in [-0.25, -0.2) is 4.79 Å². The van der Waals surface area contributed by atoms with Gasteiger partial charge >= 0.3 is 6.16 Å². The monoisotopic (exact) mass is 118 g/mol. The van der Waals surface area contributed by atoms with E-state index in [1.165, 1.54) is 0 Å². The van der Waals surface area contributed by atoms with Crippen LogP contribution in [0.2, 0.25) is 0 Å². The molecule has 0 atom stereocenters. The van der Waals surface area contributed by atoms with Gasteiger partial charge in [-0.05, 0) is 0 Å². The van der Waals surface area contributed by atoms with Gasteiger partial charge in [-0.1, -0.05) is 0 Å². The second kappa shape index (κ2) is 49.5. The largest absolute Gasteiger partial charge is 0.503 e. The summed E-state index contributed by atoms with van der Waals surface area (Å²) in [6, 6.07) is 0. The number of terminal acetylenes is 1. The van der Waals surface area contributed by atoms with Gasteiger partial charge in [-0.15, -0.1) is 12.8 Å². The molecule has 46 valence electrons. The van der Waals surface area contributed by atoms with Gasteiger partial charge in [0.1, 0.15) is 6.79 Å². The summed E-state index contributed by atoms with van der Waals surface area (Å²) in [7, 11) is 0. The zero-order valence-electron chi connectivity index (χ0n) is 4.07. The van der Waals surface area contributed by atoms with Gasteiger partial charge in [0, 0.05) is 0 Å². The molecular weight excluding hydrogens is 112 g/mol. The zero-order chi connectivity index (χ0) is 7.58. The Morgan fingerprint density at radius 2 is 1.25 bits per heavy atom. The second-order valence-electron chi connectivity index (χ2n) is 0.283. The van der Waals surface area contributed by atoms with Crippen LogP contribution >= 0.6 is 0 Å². The van der Waals surface area contributed by atoms with Crippen molar-refractivity contribution in [3.63, 3.8) is 0 Å². The summed E-state index contributed by atoms with van der Waals surface area (Å²) in [4.78, 5) is 16.6. The molecule has 0 amide bonds. The molecule has 0 aliphatic carbocycles. The van der Waals surface area contributed by atoms with Crippen LogP contribution in [0.25, 0.3) is 0 Å². The second-order valence-corrected chi connectivity index (χ2v) is 0.283. The molecule has 0 saturated heterocycles. The first-order valence-corrected chi connectivity index (χ1v) is 1.27. The van der Waals surface area contributed by atoms with E-state index in [0.29, 0.717) is 0 Å². The van der Waals surface area contributed by atoms with E-state index < -0.39 is 6.16 Å². The highest BCUT2D eigenvalue weighted by Crippen LogP contribution is 1.42. The lowest BCUT2D eigenvalue weighted by molar-refractivity contribution is -0.0980. The third-order valence-corrected chi connectivity index (χ3v) is 0. The average molecular weight is 118 g/mol. The van der Waals surface area contributed by atoms with E-state index in [0.717, 1.165) is 0 Å². The van der Waals surface area contributed by atoms with Crippen molar-refractivity contribution in [1.82, 2.24) is 0 Å². The molecule has 0 heterocycles. The van der Waals surface area contributed by atoms with Gasteiger partial charge in [0.15, 0.2) is 0 Å². The molecule has 0 rings (SSSR count). The van der Waals surface area contributed by atoms with Crippen LogP contribution in [0.1, 0.15) is 0 Å². The summed E-state index contributed by atoms with van der Waals surface area (Å²) in [6.07, 6.45) is 6.17. The van der Waals surface area contributed by atoms with E-state index in [4.69, 9.17) is 19.8 Å². The number of carboxylic acid groups (broad SMARTS) is 2. The van der Waals surface area contributed by atoms with E-state index in [1.807, 2.05) is 6.79 Å².